The lowest BCUT2D eigenvalue weighted by Gasteiger charge is -2.23. The van der Waals surface area contributed by atoms with Crippen LogP contribution in [0.3, 0.4) is 0 Å². The predicted molar refractivity (Wildman–Crippen MR) is 80.2 cm³/mol. The van der Waals surface area contributed by atoms with Gasteiger partial charge in [-0.05, 0) is 20.3 Å². The van der Waals surface area contributed by atoms with Gasteiger partial charge >= 0.3 is 0 Å². The summed E-state index contributed by atoms with van der Waals surface area (Å²) in [6.45, 7) is 6.27. The van der Waals surface area contributed by atoms with E-state index in [0.29, 0.717) is 18.2 Å². The minimum atomic E-state index is -0.527. The zero-order valence-electron chi connectivity index (χ0n) is 12.6. The van der Waals surface area contributed by atoms with Gasteiger partial charge in [-0.15, -0.1) is 0 Å². The topological polar surface area (TPSA) is 105 Å². The number of anilines is 2. The molecule has 0 aliphatic carbocycles. The molecule has 1 rings (SSSR count). The molecular weight excluding hydrogens is 256 g/mol. The first-order chi connectivity index (χ1) is 9.42. The zero-order valence-corrected chi connectivity index (χ0v) is 12.6. The highest BCUT2D eigenvalue weighted by atomic mass is 16.2. The Hall–Kier alpha value is -1.89. The van der Waals surface area contributed by atoms with Crippen LogP contribution in [-0.4, -0.2) is 29.5 Å². The number of hydrogen-bond donors (Lipinski definition) is 4. The van der Waals surface area contributed by atoms with Crippen molar-refractivity contribution in [1.82, 2.24) is 15.3 Å². The Morgan fingerprint density at radius 1 is 1.35 bits per heavy atom. The van der Waals surface area contributed by atoms with Crippen LogP contribution in [0.4, 0.5) is 11.6 Å². The summed E-state index contributed by atoms with van der Waals surface area (Å²) in [5, 5.41) is 5.82. The molecule has 5 N–H and O–H groups in total. The van der Waals surface area contributed by atoms with Crippen LogP contribution in [0.15, 0.2) is 6.07 Å². The molecule has 0 bridgehead atoms. The number of aryl methyl sites for hydroxylation is 1. The molecule has 0 aliphatic heterocycles. The van der Waals surface area contributed by atoms with Gasteiger partial charge in [-0.3, -0.25) is 4.79 Å². The molecule has 20 heavy (non-hydrogen) atoms. The first kappa shape index (κ1) is 16.2. The van der Waals surface area contributed by atoms with Gasteiger partial charge in [-0.1, -0.05) is 6.92 Å². The van der Waals surface area contributed by atoms with E-state index in [1.807, 2.05) is 13.8 Å². The molecule has 0 fully saturated rings. The molecule has 0 spiro atoms. The summed E-state index contributed by atoms with van der Waals surface area (Å²) in [4.78, 5) is 20.4. The Morgan fingerprint density at radius 3 is 2.55 bits per heavy atom. The van der Waals surface area contributed by atoms with Crippen LogP contribution >= 0.6 is 0 Å². The van der Waals surface area contributed by atoms with Crippen molar-refractivity contribution in [3.8, 4) is 0 Å². The largest absolute Gasteiger partial charge is 0.369 e. The summed E-state index contributed by atoms with van der Waals surface area (Å²) in [5.74, 6) is 7.32. The van der Waals surface area contributed by atoms with Gasteiger partial charge in [0.25, 0.3) is 0 Å². The molecule has 0 aromatic carbocycles. The molecule has 1 heterocycles. The van der Waals surface area contributed by atoms with Crippen LogP contribution < -0.4 is 21.9 Å². The van der Waals surface area contributed by atoms with E-state index in [1.165, 1.54) is 0 Å². The Balaban J connectivity index is 2.81. The average Bonchev–Trinajstić information content (AvgIpc) is 2.44. The second-order valence-corrected chi connectivity index (χ2v) is 5.27. The van der Waals surface area contributed by atoms with E-state index in [9.17, 15) is 4.79 Å². The van der Waals surface area contributed by atoms with E-state index in [4.69, 9.17) is 5.84 Å². The van der Waals surface area contributed by atoms with Gasteiger partial charge in [0.2, 0.25) is 5.91 Å². The molecule has 112 valence electrons. The first-order valence-electron chi connectivity index (χ1n) is 6.73. The average molecular weight is 280 g/mol. The molecule has 1 amide bonds. The number of hydrazine groups is 1. The van der Waals surface area contributed by atoms with Crippen LogP contribution in [-0.2, 0) is 11.2 Å². The van der Waals surface area contributed by atoms with Crippen molar-refractivity contribution in [3.05, 3.63) is 11.9 Å². The van der Waals surface area contributed by atoms with Crippen LogP contribution in [0.1, 0.15) is 33.0 Å². The summed E-state index contributed by atoms with van der Waals surface area (Å²) >= 11 is 0. The molecule has 0 atom stereocenters. The second kappa shape index (κ2) is 7.04. The fraction of sp³-hybridized carbons (Fsp3) is 0.615. The van der Waals surface area contributed by atoms with Crippen LogP contribution in [0.5, 0.6) is 0 Å². The van der Waals surface area contributed by atoms with Crippen LogP contribution in [0, 0.1) is 5.41 Å². The number of nitrogens with one attached hydrogen (secondary N) is 3. The van der Waals surface area contributed by atoms with Gasteiger partial charge in [0.05, 0.1) is 5.41 Å². The number of carbonyl (C=O) groups is 1. The van der Waals surface area contributed by atoms with Crippen molar-refractivity contribution < 1.29 is 4.79 Å². The summed E-state index contributed by atoms with van der Waals surface area (Å²) in [6, 6.07) is 1.72. The zero-order chi connectivity index (χ0) is 15.2. The monoisotopic (exact) mass is 280 g/mol. The maximum atomic E-state index is 11.7. The van der Waals surface area contributed by atoms with Gasteiger partial charge in [0, 0.05) is 26.1 Å². The normalized spacial score (nSPS) is 11.1. The Labute approximate surface area is 119 Å². The Morgan fingerprint density at radius 2 is 2.00 bits per heavy atom. The SMILES string of the molecule is CCCc1nc(NN)cc(NCC(C)(C)C(=O)NC)n1. The molecule has 0 radical (unpaired) electrons. The number of amides is 1. The third kappa shape index (κ3) is 4.34. The molecule has 1 aromatic heterocycles. The van der Waals surface area contributed by atoms with E-state index in [0.717, 1.165) is 18.7 Å². The van der Waals surface area contributed by atoms with Crippen molar-refractivity contribution in [3.63, 3.8) is 0 Å². The highest BCUT2D eigenvalue weighted by Crippen LogP contribution is 2.18. The number of nitrogens with two attached hydrogens (primary N) is 1. The molecule has 0 aliphatic rings. The van der Waals surface area contributed by atoms with Gasteiger partial charge in [0.15, 0.2) is 0 Å². The Bertz CT molecular complexity index is 460. The van der Waals surface area contributed by atoms with Gasteiger partial charge in [-0.25, -0.2) is 15.8 Å². The minimum Gasteiger partial charge on any atom is -0.369 e. The summed E-state index contributed by atoms with van der Waals surface area (Å²) < 4.78 is 0. The smallest absolute Gasteiger partial charge is 0.227 e. The van der Waals surface area contributed by atoms with E-state index in [1.54, 1.807) is 13.1 Å². The molecule has 0 saturated carbocycles. The minimum absolute atomic E-state index is 0.0231. The van der Waals surface area contributed by atoms with E-state index < -0.39 is 5.41 Å². The van der Waals surface area contributed by atoms with Crippen molar-refractivity contribution in [2.24, 2.45) is 11.3 Å². The quantitative estimate of drug-likeness (QED) is 0.437. The molecule has 0 saturated heterocycles. The number of aromatic nitrogens is 2. The van der Waals surface area contributed by atoms with Gasteiger partial charge < -0.3 is 16.1 Å². The summed E-state index contributed by atoms with van der Waals surface area (Å²) in [5.41, 5.74) is 2.00. The fourth-order valence-corrected chi connectivity index (χ4v) is 1.73. The van der Waals surface area contributed by atoms with Crippen molar-refractivity contribution >= 4 is 17.5 Å². The van der Waals surface area contributed by atoms with Crippen molar-refractivity contribution in [1.29, 1.82) is 0 Å². The highest BCUT2D eigenvalue weighted by molar-refractivity contribution is 5.82. The third-order valence-electron chi connectivity index (χ3n) is 2.95. The first-order valence-corrected chi connectivity index (χ1v) is 6.73. The molecule has 1 aromatic rings. The second-order valence-electron chi connectivity index (χ2n) is 5.27. The van der Waals surface area contributed by atoms with E-state index in [-0.39, 0.29) is 5.91 Å². The van der Waals surface area contributed by atoms with E-state index in [2.05, 4.69) is 33.0 Å². The van der Waals surface area contributed by atoms with E-state index >= 15 is 0 Å². The standard InChI is InChI=1S/C13H24N6O/c1-5-6-9-17-10(7-11(18-9)19-14)16-8-13(2,3)12(20)15-4/h7H,5-6,8,14H2,1-4H3,(H,15,20)(H2,16,17,18,19). The van der Waals surface area contributed by atoms with Crippen LogP contribution in [0.2, 0.25) is 0 Å². The van der Waals surface area contributed by atoms with Gasteiger partial charge in [0.1, 0.15) is 17.5 Å². The lowest BCUT2D eigenvalue weighted by Crippen LogP contribution is -2.39. The number of rotatable bonds is 7. The maximum Gasteiger partial charge on any atom is 0.227 e. The molecule has 7 nitrogen and oxygen atoms in total. The number of nitrogens with zero attached hydrogens (tertiary/aromatic N) is 2. The van der Waals surface area contributed by atoms with Crippen LogP contribution in [0.25, 0.3) is 0 Å². The molecule has 7 heteroatoms. The maximum absolute atomic E-state index is 11.7. The third-order valence-corrected chi connectivity index (χ3v) is 2.95. The Kier molecular flexibility index (Phi) is 5.69. The summed E-state index contributed by atoms with van der Waals surface area (Å²) in [6.07, 6.45) is 1.74. The van der Waals surface area contributed by atoms with Gasteiger partial charge in [-0.2, -0.15) is 0 Å². The fourth-order valence-electron chi connectivity index (χ4n) is 1.73. The number of nitrogen functional groups attached to an aromatic ring is 1. The number of hydrogen-bond acceptors (Lipinski definition) is 6. The number of carbonyl (C=O) groups excluding carboxylic acids is 1. The predicted octanol–water partition coefficient (Wildman–Crippen LogP) is 0.899. The highest BCUT2D eigenvalue weighted by Gasteiger charge is 2.26. The molecular formula is C13H24N6O. The summed E-state index contributed by atoms with van der Waals surface area (Å²) in [7, 11) is 1.63. The lowest BCUT2D eigenvalue weighted by atomic mass is 9.92. The lowest BCUT2D eigenvalue weighted by molar-refractivity contribution is -0.128. The van der Waals surface area contributed by atoms with Crippen molar-refractivity contribution in [2.75, 3.05) is 24.3 Å². The van der Waals surface area contributed by atoms with Crippen molar-refractivity contribution in [2.45, 2.75) is 33.6 Å². The molecule has 0 unspecified atom stereocenters.